The summed E-state index contributed by atoms with van der Waals surface area (Å²) in [5.74, 6) is 1.63. The molecule has 22 heavy (non-hydrogen) atoms. The molecule has 3 nitrogen and oxygen atoms in total. The van der Waals surface area contributed by atoms with Gasteiger partial charge in [0, 0.05) is 17.6 Å². The van der Waals surface area contributed by atoms with E-state index in [0.717, 1.165) is 36.4 Å². The molecule has 0 unspecified atom stereocenters. The van der Waals surface area contributed by atoms with Crippen LogP contribution in [0, 0.1) is 0 Å². The molecule has 0 aliphatic heterocycles. The van der Waals surface area contributed by atoms with Crippen LogP contribution in [0.4, 0.5) is 0 Å². The summed E-state index contributed by atoms with van der Waals surface area (Å²) >= 11 is 0. The Bertz CT molecular complexity index is 472. The van der Waals surface area contributed by atoms with Gasteiger partial charge in [-0.2, -0.15) is 0 Å². The van der Waals surface area contributed by atoms with Gasteiger partial charge in [-0.1, -0.05) is 19.1 Å². The summed E-state index contributed by atoms with van der Waals surface area (Å²) in [6.45, 7) is 13.9. The standard InChI is InChI=1S/C18H29NO2.ClH/c1-7-10-15-11-14(13-19-18(4,5)8-2)12-16(20-6)17(15)21-9-3;/h7,11-12,19H,1,8-10,13H2,2-6H3;1H. The molecule has 0 radical (unpaired) electrons. The molecule has 0 bridgehead atoms. The molecule has 0 aliphatic rings. The van der Waals surface area contributed by atoms with Gasteiger partial charge >= 0.3 is 0 Å². The van der Waals surface area contributed by atoms with Crippen molar-refractivity contribution in [1.29, 1.82) is 0 Å². The summed E-state index contributed by atoms with van der Waals surface area (Å²) in [4.78, 5) is 0. The van der Waals surface area contributed by atoms with Gasteiger partial charge in [0.2, 0.25) is 0 Å². The highest BCUT2D eigenvalue weighted by atomic mass is 35.5. The molecule has 0 saturated carbocycles. The highest BCUT2D eigenvalue weighted by Gasteiger charge is 2.16. The van der Waals surface area contributed by atoms with Crippen molar-refractivity contribution in [3.63, 3.8) is 0 Å². The average Bonchev–Trinajstić information content (AvgIpc) is 2.47. The van der Waals surface area contributed by atoms with Crippen LogP contribution >= 0.6 is 12.4 Å². The first-order valence-corrected chi connectivity index (χ1v) is 7.65. The Hall–Kier alpha value is -1.19. The molecule has 0 spiro atoms. The molecule has 1 aromatic carbocycles. The van der Waals surface area contributed by atoms with Gasteiger partial charge in [-0.25, -0.2) is 0 Å². The second-order valence-corrected chi connectivity index (χ2v) is 5.80. The van der Waals surface area contributed by atoms with E-state index in [-0.39, 0.29) is 17.9 Å². The van der Waals surface area contributed by atoms with Crippen LogP contribution in [0.25, 0.3) is 0 Å². The normalized spacial score (nSPS) is 10.8. The van der Waals surface area contributed by atoms with Crippen LogP contribution in [0.5, 0.6) is 11.5 Å². The first-order chi connectivity index (χ1) is 9.97. The largest absolute Gasteiger partial charge is 0.493 e. The molecular weight excluding hydrogens is 298 g/mol. The van der Waals surface area contributed by atoms with Crippen LogP contribution in [0.1, 0.15) is 45.2 Å². The molecule has 0 saturated heterocycles. The van der Waals surface area contributed by atoms with E-state index in [9.17, 15) is 0 Å². The van der Waals surface area contributed by atoms with Gasteiger partial charge in [0.05, 0.1) is 13.7 Å². The zero-order valence-electron chi connectivity index (χ0n) is 14.5. The number of hydrogen-bond donors (Lipinski definition) is 1. The molecule has 0 amide bonds. The predicted octanol–water partition coefficient (Wildman–Crippen LogP) is 4.52. The summed E-state index contributed by atoms with van der Waals surface area (Å²) in [6.07, 6.45) is 3.75. The number of methoxy groups -OCH3 is 1. The maximum absolute atomic E-state index is 5.74. The quantitative estimate of drug-likeness (QED) is 0.676. The molecule has 1 aromatic rings. The van der Waals surface area contributed by atoms with Crippen molar-refractivity contribution in [2.75, 3.05) is 13.7 Å². The van der Waals surface area contributed by atoms with E-state index >= 15 is 0 Å². The molecule has 4 heteroatoms. The lowest BCUT2D eigenvalue weighted by molar-refractivity contribution is 0.307. The van der Waals surface area contributed by atoms with Gasteiger partial charge in [0.1, 0.15) is 0 Å². The van der Waals surface area contributed by atoms with Crippen molar-refractivity contribution in [2.45, 2.75) is 52.6 Å². The summed E-state index contributed by atoms with van der Waals surface area (Å²) in [5.41, 5.74) is 2.45. The summed E-state index contributed by atoms with van der Waals surface area (Å²) in [5, 5.41) is 3.57. The Morgan fingerprint density at radius 2 is 1.95 bits per heavy atom. The number of benzene rings is 1. The SMILES string of the molecule is C=CCc1cc(CNC(C)(C)CC)cc(OC)c1OCC.Cl. The minimum atomic E-state index is 0. The Morgan fingerprint density at radius 1 is 1.27 bits per heavy atom. The number of halogens is 1. The third-order valence-electron chi connectivity index (χ3n) is 3.72. The van der Waals surface area contributed by atoms with Crippen LogP contribution in [0.3, 0.4) is 0 Å². The lowest BCUT2D eigenvalue weighted by Crippen LogP contribution is -2.37. The number of nitrogens with one attached hydrogen (secondary N) is 1. The Labute approximate surface area is 141 Å². The summed E-state index contributed by atoms with van der Waals surface area (Å²) in [6, 6.07) is 4.23. The van der Waals surface area contributed by atoms with E-state index in [2.05, 4.69) is 44.8 Å². The Balaban J connectivity index is 0.00000441. The fourth-order valence-corrected chi connectivity index (χ4v) is 2.06. The van der Waals surface area contributed by atoms with Gasteiger partial charge in [0.25, 0.3) is 0 Å². The highest BCUT2D eigenvalue weighted by molar-refractivity contribution is 5.85. The topological polar surface area (TPSA) is 30.5 Å². The van der Waals surface area contributed by atoms with E-state index in [0.29, 0.717) is 6.61 Å². The Kier molecular flexibility index (Phi) is 9.22. The van der Waals surface area contributed by atoms with E-state index in [1.54, 1.807) is 7.11 Å². The van der Waals surface area contributed by atoms with Gasteiger partial charge < -0.3 is 14.8 Å². The van der Waals surface area contributed by atoms with Crippen molar-refractivity contribution in [1.82, 2.24) is 5.32 Å². The van der Waals surface area contributed by atoms with E-state index in [4.69, 9.17) is 9.47 Å². The van der Waals surface area contributed by atoms with Crippen LogP contribution in [-0.4, -0.2) is 19.3 Å². The van der Waals surface area contributed by atoms with Crippen molar-refractivity contribution >= 4 is 12.4 Å². The summed E-state index contributed by atoms with van der Waals surface area (Å²) < 4.78 is 11.2. The lowest BCUT2D eigenvalue weighted by Gasteiger charge is -2.25. The van der Waals surface area contributed by atoms with Gasteiger partial charge in [-0.15, -0.1) is 19.0 Å². The minimum Gasteiger partial charge on any atom is -0.493 e. The molecule has 0 aromatic heterocycles. The van der Waals surface area contributed by atoms with Gasteiger partial charge in [0.15, 0.2) is 11.5 Å². The van der Waals surface area contributed by atoms with Gasteiger partial charge in [-0.05, 0) is 45.2 Å². The van der Waals surface area contributed by atoms with Crippen molar-refractivity contribution < 1.29 is 9.47 Å². The maximum Gasteiger partial charge on any atom is 0.164 e. The third-order valence-corrected chi connectivity index (χ3v) is 3.72. The monoisotopic (exact) mass is 327 g/mol. The van der Waals surface area contributed by atoms with Crippen LogP contribution in [0.2, 0.25) is 0 Å². The number of rotatable bonds is 9. The van der Waals surface area contributed by atoms with Crippen molar-refractivity contribution in [3.8, 4) is 11.5 Å². The molecule has 1 rings (SSSR count). The van der Waals surface area contributed by atoms with Crippen molar-refractivity contribution in [2.24, 2.45) is 0 Å². The zero-order chi connectivity index (χ0) is 15.9. The summed E-state index contributed by atoms with van der Waals surface area (Å²) in [7, 11) is 1.68. The maximum atomic E-state index is 5.74. The first-order valence-electron chi connectivity index (χ1n) is 7.65. The fourth-order valence-electron chi connectivity index (χ4n) is 2.06. The van der Waals surface area contributed by atoms with E-state index in [1.165, 1.54) is 5.56 Å². The molecule has 1 N–H and O–H groups in total. The van der Waals surface area contributed by atoms with Gasteiger partial charge in [-0.3, -0.25) is 0 Å². The zero-order valence-corrected chi connectivity index (χ0v) is 15.3. The number of ether oxygens (including phenoxy) is 2. The lowest BCUT2D eigenvalue weighted by atomic mass is 10.0. The third kappa shape index (κ3) is 5.90. The molecular formula is C18H30ClNO2. The van der Waals surface area contributed by atoms with Crippen LogP contribution in [-0.2, 0) is 13.0 Å². The molecule has 0 fully saturated rings. The minimum absolute atomic E-state index is 0. The molecule has 0 heterocycles. The van der Waals surface area contributed by atoms with Crippen molar-refractivity contribution in [3.05, 3.63) is 35.9 Å². The number of hydrogen-bond acceptors (Lipinski definition) is 3. The van der Waals surface area contributed by atoms with E-state index < -0.39 is 0 Å². The van der Waals surface area contributed by atoms with Crippen LogP contribution in [0.15, 0.2) is 24.8 Å². The molecule has 0 atom stereocenters. The predicted molar refractivity (Wildman–Crippen MR) is 96.5 cm³/mol. The first kappa shape index (κ1) is 20.8. The molecule has 126 valence electrons. The Morgan fingerprint density at radius 3 is 2.45 bits per heavy atom. The smallest absolute Gasteiger partial charge is 0.164 e. The average molecular weight is 328 g/mol. The van der Waals surface area contributed by atoms with Crippen LogP contribution < -0.4 is 14.8 Å². The van der Waals surface area contributed by atoms with E-state index in [1.807, 2.05) is 13.0 Å². The fraction of sp³-hybridized carbons (Fsp3) is 0.556. The number of allylic oxidation sites excluding steroid dienone is 1. The highest BCUT2D eigenvalue weighted by Crippen LogP contribution is 2.33. The second kappa shape index (κ2) is 9.75. The molecule has 0 aliphatic carbocycles. The second-order valence-electron chi connectivity index (χ2n) is 5.80.